The first-order chi connectivity index (χ1) is 10.3. The van der Waals surface area contributed by atoms with Crippen molar-refractivity contribution in [3.8, 4) is 5.75 Å². The van der Waals surface area contributed by atoms with Crippen LogP contribution < -0.4 is 10.5 Å². The lowest BCUT2D eigenvalue weighted by Gasteiger charge is -2.11. The Balaban J connectivity index is 0.00000176. The second-order valence-electron chi connectivity index (χ2n) is 4.69. The number of amidine groups is 1. The number of nitrogens with two attached hydrogens (primary N) is 1. The second kappa shape index (κ2) is 6.91. The summed E-state index contributed by atoms with van der Waals surface area (Å²) < 4.78 is 5.88. The molecule has 3 aromatic rings. The standard InChI is InChI=1S/C17H15N3O.ClH/c18-17(19)14-8-2-1-5-13(14)11-21-15-9-3-6-12-7-4-10-20-16(12)15;/h1-10H,11H2,(H3,18,19);1H. The number of nitrogens with one attached hydrogen (secondary N) is 1. The van der Waals surface area contributed by atoms with Gasteiger partial charge in [0.15, 0.2) is 0 Å². The van der Waals surface area contributed by atoms with Gasteiger partial charge in [-0.05, 0) is 12.1 Å². The summed E-state index contributed by atoms with van der Waals surface area (Å²) in [5.41, 5.74) is 8.01. The van der Waals surface area contributed by atoms with E-state index < -0.39 is 0 Å². The van der Waals surface area contributed by atoms with Crippen molar-refractivity contribution in [2.75, 3.05) is 0 Å². The molecule has 0 saturated carbocycles. The van der Waals surface area contributed by atoms with Crippen LogP contribution in [-0.2, 0) is 6.61 Å². The minimum atomic E-state index is 0. The molecule has 0 fully saturated rings. The molecular weight excluding hydrogens is 298 g/mol. The van der Waals surface area contributed by atoms with Gasteiger partial charge in [0.05, 0.1) is 0 Å². The molecule has 112 valence electrons. The number of rotatable bonds is 4. The van der Waals surface area contributed by atoms with Gasteiger partial charge in [0, 0.05) is 22.7 Å². The Morgan fingerprint density at radius 3 is 2.64 bits per heavy atom. The first kappa shape index (κ1) is 15.8. The van der Waals surface area contributed by atoms with Crippen molar-refractivity contribution >= 4 is 29.1 Å². The zero-order valence-electron chi connectivity index (χ0n) is 11.8. The number of para-hydroxylation sites is 1. The summed E-state index contributed by atoms with van der Waals surface area (Å²) in [6.07, 6.45) is 1.75. The number of halogens is 1. The lowest BCUT2D eigenvalue weighted by atomic mass is 10.1. The van der Waals surface area contributed by atoms with E-state index in [0.717, 1.165) is 22.2 Å². The summed E-state index contributed by atoms with van der Waals surface area (Å²) in [6, 6.07) is 17.2. The fourth-order valence-corrected chi connectivity index (χ4v) is 2.26. The smallest absolute Gasteiger partial charge is 0.146 e. The van der Waals surface area contributed by atoms with E-state index in [2.05, 4.69) is 4.98 Å². The van der Waals surface area contributed by atoms with E-state index in [9.17, 15) is 0 Å². The lowest BCUT2D eigenvalue weighted by Crippen LogP contribution is -2.14. The van der Waals surface area contributed by atoms with Gasteiger partial charge in [0.1, 0.15) is 23.7 Å². The van der Waals surface area contributed by atoms with E-state index in [0.29, 0.717) is 12.2 Å². The number of fused-ring (bicyclic) bond motifs is 1. The number of nitrogens with zero attached hydrogens (tertiary/aromatic N) is 1. The highest BCUT2D eigenvalue weighted by molar-refractivity contribution is 5.96. The van der Waals surface area contributed by atoms with E-state index in [1.165, 1.54) is 0 Å². The van der Waals surface area contributed by atoms with Gasteiger partial charge in [0.2, 0.25) is 0 Å². The highest BCUT2D eigenvalue weighted by Gasteiger charge is 2.07. The van der Waals surface area contributed by atoms with Crippen LogP contribution in [0.15, 0.2) is 60.8 Å². The molecule has 0 radical (unpaired) electrons. The minimum absolute atomic E-state index is 0. The molecule has 22 heavy (non-hydrogen) atoms. The van der Waals surface area contributed by atoms with Crippen LogP contribution in [0.2, 0.25) is 0 Å². The van der Waals surface area contributed by atoms with Crippen molar-refractivity contribution in [3.63, 3.8) is 0 Å². The van der Waals surface area contributed by atoms with E-state index in [1.54, 1.807) is 6.20 Å². The fourth-order valence-electron chi connectivity index (χ4n) is 2.26. The number of hydrogen-bond acceptors (Lipinski definition) is 3. The Kier molecular flexibility index (Phi) is 4.96. The maximum Gasteiger partial charge on any atom is 0.146 e. The van der Waals surface area contributed by atoms with Gasteiger partial charge in [0.25, 0.3) is 0 Å². The van der Waals surface area contributed by atoms with Crippen LogP contribution in [0.3, 0.4) is 0 Å². The van der Waals surface area contributed by atoms with Crippen molar-refractivity contribution in [1.82, 2.24) is 4.98 Å². The SMILES string of the molecule is Cl.N=C(N)c1ccccc1COc1cccc2cccnc12. The van der Waals surface area contributed by atoms with Crippen LogP contribution in [0.25, 0.3) is 10.9 Å². The average Bonchev–Trinajstić information content (AvgIpc) is 2.53. The van der Waals surface area contributed by atoms with Gasteiger partial charge >= 0.3 is 0 Å². The summed E-state index contributed by atoms with van der Waals surface area (Å²) in [6.45, 7) is 0.353. The Morgan fingerprint density at radius 2 is 1.82 bits per heavy atom. The molecule has 0 bridgehead atoms. The monoisotopic (exact) mass is 313 g/mol. The van der Waals surface area contributed by atoms with E-state index >= 15 is 0 Å². The molecule has 0 spiro atoms. The Morgan fingerprint density at radius 1 is 1.05 bits per heavy atom. The van der Waals surface area contributed by atoms with Crippen molar-refractivity contribution in [3.05, 3.63) is 71.9 Å². The Labute approximate surface area is 134 Å². The second-order valence-corrected chi connectivity index (χ2v) is 4.69. The number of pyridine rings is 1. The molecule has 0 aliphatic rings. The number of ether oxygens (including phenoxy) is 1. The third-order valence-electron chi connectivity index (χ3n) is 3.29. The van der Waals surface area contributed by atoms with Crippen molar-refractivity contribution in [2.45, 2.75) is 6.61 Å². The van der Waals surface area contributed by atoms with Crippen LogP contribution in [-0.4, -0.2) is 10.8 Å². The normalized spacial score (nSPS) is 10.0. The number of hydrogen-bond donors (Lipinski definition) is 2. The molecule has 4 nitrogen and oxygen atoms in total. The molecule has 0 saturated heterocycles. The molecule has 2 aromatic carbocycles. The van der Waals surface area contributed by atoms with Crippen LogP contribution in [0.5, 0.6) is 5.75 Å². The summed E-state index contributed by atoms with van der Waals surface area (Å²) in [4.78, 5) is 4.36. The van der Waals surface area contributed by atoms with Crippen LogP contribution in [0.4, 0.5) is 0 Å². The van der Waals surface area contributed by atoms with Gasteiger partial charge in [-0.25, -0.2) is 0 Å². The predicted molar refractivity (Wildman–Crippen MR) is 90.8 cm³/mol. The molecule has 1 aromatic heterocycles. The van der Waals surface area contributed by atoms with E-state index in [4.69, 9.17) is 15.9 Å². The van der Waals surface area contributed by atoms with E-state index in [-0.39, 0.29) is 18.2 Å². The maximum atomic E-state index is 7.60. The average molecular weight is 314 g/mol. The summed E-state index contributed by atoms with van der Waals surface area (Å²) in [5.74, 6) is 0.775. The third kappa shape index (κ3) is 3.18. The Bertz CT molecular complexity index is 799. The molecule has 1 heterocycles. The van der Waals surface area contributed by atoms with Crippen LogP contribution in [0.1, 0.15) is 11.1 Å². The molecule has 0 unspecified atom stereocenters. The zero-order valence-corrected chi connectivity index (χ0v) is 12.6. The predicted octanol–water partition coefficient (Wildman–Crippen LogP) is 3.52. The lowest BCUT2D eigenvalue weighted by molar-refractivity contribution is 0.309. The van der Waals surface area contributed by atoms with Gasteiger partial charge < -0.3 is 10.5 Å². The number of aromatic nitrogens is 1. The highest BCUT2D eigenvalue weighted by Crippen LogP contribution is 2.24. The first-order valence-electron chi connectivity index (χ1n) is 6.64. The highest BCUT2D eigenvalue weighted by atomic mass is 35.5. The van der Waals surface area contributed by atoms with Crippen LogP contribution >= 0.6 is 12.4 Å². The maximum absolute atomic E-state index is 7.60. The molecule has 5 heteroatoms. The Hall–Kier alpha value is -2.59. The molecule has 0 aliphatic heterocycles. The van der Waals surface area contributed by atoms with Crippen molar-refractivity contribution < 1.29 is 4.74 Å². The topological polar surface area (TPSA) is 72.0 Å². The molecule has 0 aliphatic carbocycles. The van der Waals surface area contributed by atoms with Gasteiger partial charge in [-0.3, -0.25) is 10.4 Å². The minimum Gasteiger partial charge on any atom is -0.487 e. The van der Waals surface area contributed by atoms with E-state index in [1.807, 2.05) is 54.6 Å². The summed E-state index contributed by atoms with van der Waals surface area (Å²) in [5, 5.41) is 8.64. The zero-order chi connectivity index (χ0) is 14.7. The van der Waals surface area contributed by atoms with Crippen molar-refractivity contribution in [1.29, 1.82) is 5.41 Å². The molecule has 3 rings (SSSR count). The third-order valence-corrected chi connectivity index (χ3v) is 3.29. The first-order valence-corrected chi connectivity index (χ1v) is 6.64. The number of nitrogen functional groups attached to an aromatic ring is 1. The van der Waals surface area contributed by atoms with Gasteiger partial charge in [-0.1, -0.05) is 42.5 Å². The van der Waals surface area contributed by atoms with Crippen LogP contribution in [0, 0.1) is 5.41 Å². The molecule has 3 N–H and O–H groups in total. The number of benzene rings is 2. The molecule has 0 atom stereocenters. The van der Waals surface area contributed by atoms with Crippen molar-refractivity contribution in [2.24, 2.45) is 5.73 Å². The fraction of sp³-hybridized carbons (Fsp3) is 0.0588. The summed E-state index contributed by atoms with van der Waals surface area (Å²) >= 11 is 0. The quantitative estimate of drug-likeness (QED) is 0.572. The van der Waals surface area contributed by atoms with Gasteiger partial charge in [-0.15, -0.1) is 12.4 Å². The molecule has 0 amide bonds. The summed E-state index contributed by atoms with van der Waals surface area (Å²) in [7, 11) is 0. The molecular formula is C17H16ClN3O. The van der Waals surface area contributed by atoms with Gasteiger partial charge in [-0.2, -0.15) is 0 Å². The largest absolute Gasteiger partial charge is 0.487 e.